The average molecular weight is 260 g/mol. The molecule has 18 heavy (non-hydrogen) atoms. The van der Waals surface area contributed by atoms with Crippen LogP contribution in [0.2, 0.25) is 0 Å². The number of thioether (sulfide) groups is 1. The number of benzene rings is 1. The van der Waals surface area contributed by atoms with E-state index in [2.05, 4.69) is 29.4 Å². The van der Waals surface area contributed by atoms with Crippen molar-refractivity contribution in [2.75, 3.05) is 6.26 Å². The van der Waals surface area contributed by atoms with Crippen LogP contribution in [0.1, 0.15) is 36.8 Å². The van der Waals surface area contributed by atoms with Crippen LogP contribution in [0.4, 0.5) is 0 Å². The standard InChI is InChI=1S/C15H20N2S/c1-18-14-9-5-4-8-13(14)17-10-11-6-2-3-7-12(11)15(17)16/h2-3,6-7,13-14,16H,4-5,8-10H2,1H3. The van der Waals surface area contributed by atoms with Gasteiger partial charge in [0.2, 0.25) is 0 Å². The Morgan fingerprint density at radius 3 is 2.78 bits per heavy atom. The third-order valence-corrected chi connectivity index (χ3v) is 5.43. The first-order chi connectivity index (χ1) is 8.81. The molecule has 0 radical (unpaired) electrons. The van der Waals surface area contributed by atoms with E-state index in [4.69, 9.17) is 5.41 Å². The van der Waals surface area contributed by atoms with E-state index in [1.165, 1.54) is 31.2 Å². The van der Waals surface area contributed by atoms with Crippen molar-refractivity contribution in [2.45, 2.75) is 43.5 Å². The van der Waals surface area contributed by atoms with Gasteiger partial charge in [0.15, 0.2) is 0 Å². The predicted octanol–water partition coefficient (Wildman–Crippen LogP) is 3.50. The molecule has 0 amide bonds. The maximum Gasteiger partial charge on any atom is 0.128 e. The highest BCUT2D eigenvalue weighted by Gasteiger charge is 2.35. The molecule has 0 saturated heterocycles. The summed E-state index contributed by atoms with van der Waals surface area (Å²) in [7, 11) is 0. The van der Waals surface area contributed by atoms with Crippen molar-refractivity contribution in [2.24, 2.45) is 0 Å². The lowest BCUT2D eigenvalue weighted by molar-refractivity contribution is 0.252. The fourth-order valence-corrected chi connectivity index (χ4v) is 4.30. The Labute approximate surface area is 113 Å². The second-order valence-electron chi connectivity index (χ2n) is 5.26. The molecule has 1 aliphatic heterocycles. The first kappa shape index (κ1) is 12.1. The molecule has 1 fully saturated rings. The number of hydrogen-bond donors (Lipinski definition) is 1. The van der Waals surface area contributed by atoms with Crippen molar-refractivity contribution in [3.63, 3.8) is 0 Å². The highest BCUT2D eigenvalue weighted by molar-refractivity contribution is 7.99. The molecule has 1 heterocycles. The van der Waals surface area contributed by atoms with Crippen LogP contribution >= 0.6 is 11.8 Å². The zero-order valence-electron chi connectivity index (χ0n) is 10.9. The van der Waals surface area contributed by atoms with Gasteiger partial charge in [0.05, 0.1) is 0 Å². The molecule has 2 unspecified atom stereocenters. The number of nitrogens with one attached hydrogen (secondary N) is 1. The summed E-state index contributed by atoms with van der Waals surface area (Å²) < 4.78 is 0. The van der Waals surface area contributed by atoms with Gasteiger partial charge in [-0.15, -0.1) is 0 Å². The maximum absolute atomic E-state index is 8.41. The molecule has 1 saturated carbocycles. The second-order valence-corrected chi connectivity index (χ2v) is 6.34. The van der Waals surface area contributed by atoms with Crippen molar-refractivity contribution in [3.8, 4) is 0 Å². The molecule has 96 valence electrons. The molecule has 0 spiro atoms. The molecule has 3 heteroatoms. The van der Waals surface area contributed by atoms with Gasteiger partial charge in [-0.3, -0.25) is 5.41 Å². The molecule has 3 rings (SSSR count). The minimum absolute atomic E-state index is 0.564. The number of hydrogen-bond acceptors (Lipinski definition) is 2. The SMILES string of the molecule is CSC1CCCCC1N1Cc2ccccc2C1=N. The van der Waals surface area contributed by atoms with E-state index in [0.29, 0.717) is 11.3 Å². The molecule has 2 nitrogen and oxygen atoms in total. The summed E-state index contributed by atoms with van der Waals surface area (Å²) in [6.45, 7) is 0.941. The first-order valence-corrected chi connectivity index (χ1v) is 8.06. The molecular formula is C15H20N2S. The van der Waals surface area contributed by atoms with Gasteiger partial charge in [-0.2, -0.15) is 11.8 Å². The summed E-state index contributed by atoms with van der Waals surface area (Å²) in [6.07, 6.45) is 7.46. The normalized spacial score (nSPS) is 27.4. The van der Waals surface area contributed by atoms with Crippen molar-refractivity contribution in [3.05, 3.63) is 35.4 Å². The lowest BCUT2D eigenvalue weighted by atomic mass is 9.93. The molecule has 1 aromatic rings. The van der Waals surface area contributed by atoms with E-state index in [1.807, 2.05) is 17.8 Å². The van der Waals surface area contributed by atoms with Crippen LogP contribution in [-0.2, 0) is 6.54 Å². The van der Waals surface area contributed by atoms with Crippen molar-refractivity contribution >= 4 is 17.6 Å². The van der Waals surface area contributed by atoms with E-state index < -0.39 is 0 Å². The molecule has 2 aliphatic rings. The molecule has 1 N–H and O–H groups in total. The summed E-state index contributed by atoms with van der Waals surface area (Å²) in [5.41, 5.74) is 2.47. The number of amidine groups is 1. The molecule has 0 bridgehead atoms. The van der Waals surface area contributed by atoms with E-state index >= 15 is 0 Å². The predicted molar refractivity (Wildman–Crippen MR) is 78.4 cm³/mol. The van der Waals surface area contributed by atoms with Gasteiger partial charge in [-0.25, -0.2) is 0 Å². The van der Waals surface area contributed by atoms with Gasteiger partial charge in [-0.05, 0) is 24.7 Å². The summed E-state index contributed by atoms with van der Waals surface area (Å²) >= 11 is 1.98. The molecule has 1 aromatic carbocycles. The number of fused-ring (bicyclic) bond motifs is 1. The van der Waals surface area contributed by atoms with Crippen molar-refractivity contribution in [1.29, 1.82) is 5.41 Å². The summed E-state index contributed by atoms with van der Waals surface area (Å²) in [4.78, 5) is 2.34. The van der Waals surface area contributed by atoms with Gasteiger partial charge >= 0.3 is 0 Å². The zero-order valence-corrected chi connectivity index (χ0v) is 11.7. The highest BCUT2D eigenvalue weighted by Crippen LogP contribution is 2.35. The largest absolute Gasteiger partial charge is 0.348 e. The summed E-state index contributed by atoms with van der Waals surface area (Å²) in [5, 5.41) is 9.11. The Morgan fingerprint density at radius 1 is 1.22 bits per heavy atom. The van der Waals surface area contributed by atoms with E-state index in [0.717, 1.165) is 17.9 Å². The smallest absolute Gasteiger partial charge is 0.128 e. The summed E-state index contributed by atoms with van der Waals surface area (Å²) in [6, 6.07) is 8.95. The Balaban J connectivity index is 1.84. The van der Waals surface area contributed by atoms with Crippen LogP contribution in [0.5, 0.6) is 0 Å². The minimum atomic E-state index is 0.564. The van der Waals surface area contributed by atoms with E-state index in [-0.39, 0.29) is 0 Å². The molecule has 1 aliphatic carbocycles. The summed E-state index contributed by atoms with van der Waals surface area (Å²) in [5.74, 6) is 0.747. The highest BCUT2D eigenvalue weighted by atomic mass is 32.2. The quantitative estimate of drug-likeness (QED) is 0.881. The Kier molecular flexibility index (Phi) is 3.33. The topological polar surface area (TPSA) is 27.1 Å². The van der Waals surface area contributed by atoms with Crippen molar-refractivity contribution in [1.82, 2.24) is 4.90 Å². The van der Waals surface area contributed by atoms with E-state index in [1.54, 1.807) is 0 Å². The third kappa shape index (κ3) is 1.95. The minimum Gasteiger partial charge on any atom is -0.348 e. The van der Waals surface area contributed by atoms with Crippen LogP contribution < -0.4 is 0 Å². The molecule has 2 atom stereocenters. The van der Waals surface area contributed by atoms with Crippen LogP contribution in [0, 0.1) is 5.41 Å². The van der Waals surface area contributed by atoms with Crippen molar-refractivity contribution < 1.29 is 0 Å². The van der Waals surface area contributed by atoms with Gasteiger partial charge < -0.3 is 4.90 Å². The second kappa shape index (κ2) is 4.96. The van der Waals surface area contributed by atoms with Crippen LogP contribution in [0.3, 0.4) is 0 Å². The number of rotatable bonds is 2. The number of nitrogens with zero attached hydrogens (tertiary/aromatic N) is 1. The Bertz CT molecular complexity index is 458. The maximum atomic E-state index is 8.41. The van der Waals surface area contributed by atoms with Crippen LogP contribution in [0.25, 0.3) is 0 Å². The molecular weight excluding hydrogens is 240 g/mol. The van der Waals surface area contributed by atoms with Gasteiger partial charge in [0, 0.05) is 23.4 Å². The lowest BCUT2D eigenvalue weighted by Gasteiger charge is -2.38. The zero-order chi connectivity index (χ0) is 12.5. The fraction of sp³-hybridized carbons (Fsp3) is 0.533. The Hall–Kier alpha value is -0.960. The average Bonchev–Trinajstić information content (AvgIpc) is 2.76. The van der Waals surface area contributed by atoms with E-state index in [9.17, 15) is 0 Å². The third-order valence-electron chi connectivity index (χ3n) is 4.27. The van der Waals surface area contributed by atoms with Gasteiger partial charge in [-0.1, -0.05) is 37.1 Å². The van der Waals surface area contributed by atoms with Gasteiger partial charge in [0.25, 0.3) is 0 Å². The first-order valence-electron chi connectivity index (χ1n) is 6.77. The van der Waals surface area contributed by atoms with Crippen LogP contribution in [0.15, 0.2) is 24.3 Å². The monoisotopic (exact) mass is 260 g/mol. The molecule has 0 aromatic heterocycles. The van der Waals surface area contributed by atoms with Gasteiger partial charge in [0.1, 0.15) is 5.84 Å². The fourth-order valence-electron chi connectivity index (χ4n) is 3.30. The Morgan fingerprint density at radius 2 is 2.00 bits per heavy atom. The van der Waals surface area contributed by atoms with Crippen LogP contribution in [-0.4, -0.2) is 28.3 Å². The lowest BCUT2D eigenvalue weighted by Crippen LogP contribution is -2.44.